The van der Waals surface area contributed by atoms with Gasteiger partial charge in [-0.2, -0.15) is 0 Å². The van der Waals surface area contributed by atoms with E-state index in [0.29, 0.717) is 11.8 Å². The van der Waals surface area contributed by atoms with Gasteiger partial charge in [0.2, 0.25) is 0 Å². The molecular weight excluding hydrogens is 430 g/mol. The highest BCUT2D eigenvalue weighted by atomic mass is 16.3. The van der Waals surface area contributed by atoms with Crippen LogP contribution in [0.2, 0.25) is 0 Å². The number of aliphatic hydroxyl groups excluding tert-OH is 1. The monoisotopic (exact) mass is 471 g/mol. The van der Waals surface area contributed by atoms with E-state index in [1.807, 2.05) is 12.1 Å². The minimum Gasteiger partial charge on any atom is -0.508 e. The Bertz CT molecular complexity index is 1050. The molecule has 0 bridgehead atoms. The molecule has 2 N–H and O–H groups in total. The third-order valence-electron chi connectivity index (χ3n) is 7.56. The number of para-hydroxylation sites is 1. The number of rotatable bonds is 8. The third-order valence-corrected chi connectivity index (χ3v) is 7.56. The van der Waals surface area contributed by atoms with Gasteiger partial charge in [-0.1, -0.05) is 100.0 Å². The first-order valence-electron chi connectivity index (χ1n) is 13.2. The van der Waals surface area contributed by atoms with Crippen LogP contribution in [0.25, 0.3) is 0 Å². The molecule has 1 saturated heterocycles. The van der Waals surface area contributed by atoms with E-state index in [-0.39, 0.29) is 11.3 Å². The molecule has 186 valence electrons. The molecule has 0 radical (unpaired) electrons. The molecule has 1 heterocycles. The second kappa shape index (κ2) is 11.4. The summed E-state index contributed by atoms with van der Waals surface area (Å²) in [5.74, 6) is 0.508. The zero-order valence-corrected chi connectivity index (χ0v) is 21.5. The highest BCUT2D eigenvalue weighted by Gasteiger charge is 2.33. The zero-order valence-electron chi connectivity index (χ0n) is 21.5. The molecule has 1 aliphatic heterocycles. The van der Waals surface area contributed by atoms with Crippen molar-refractivity contribution in [3.8, 4) is 5.75 Å². The standard InChI is InChI=1S/C32H41NO2/c1-32(2,3)26-20-18-24(19-21-26)29(34)17-11-23-33-22-10-9-15-28(33)31(25-12-5-4-6-13-25)27-14-7-8-16-30(27)35/h4-8,12-14,16,18-21,28-29,31,34-35H,9-11,15,17,22-23H2,1-3H3. The Hall–Kier alpha value is -2.62. The van der Waals surface area contributed by atoms with Crippen LogP contribution < -0.4 is 0 Å². The van der Waals surface area contributed by atoms with Gasteiger partial charge >= 0.3 is 0 Å². The van der Waals surface area contributed by atoms with E-state index in [4.69, 9.17) is 0 Å². The molecule has 0 aliphatic carbocycles. The summed E-state index contributed by atoms with van der Waals surface area (Å²) in [5.41, 5.74) is 4.68. The molecule has 1 fully saturated rings. The summed E-state index contributed by atoms with van der Waals surface area (Å²) in [7, 11) is 0. The zero-order chi connectivity index (χ0) is 24.8. The SMILES string of the molecule is CC(C)(C)c1ccc(C(O)CCCN2CCCCC2C(c2ccccc2)c2ccccc2O)cc1. The summed E-state index contributed by atoms with van der Waals surface area (Å²) < 4.78 is 0. The number of aliphatic hydroxyl groups is 1. The summed E-state index contributed by atoms with van der Waals surface area (Å²) in [5, 5.41) is 21.6. The van der Waals surface area contributed by atoms with Gasteiger partial charge in [0, 0.05) is 17.5 Å². The quantitative estimate of drug-likeness (QED) is 0.365. The molecule has 3 atom stereocenters. The van der Waals surface area contributed by atoms with Gasteiger partial charge < -0.3 is 10.2 Å². The fourth-order valence-electron chi connectivity index (χ4n) is 5.55. The maximum absolute atomic E-state index is 10.9. The molecule has 3 heteroatoms. The van der Waals surface area contributed by atoms with E-state index < -0.39 is 6.10 Å². The van der Waals surface area contributed by atoms with Crippen molar-refractivity contribution in [2.24, 2.45) is 0 Å². The summed E-state index contributed by atoms with van der Waals surface area (Å²) in [6, 6.07) is 27.2. The fourth-order valence-corrected chi connectivity index (χ4v) is 5.55. The number of benzene rings is 3. The van der Waals surface area contributed by atoms with Gasteiger partial charge in [-0.05, 0) is 66.9 Å². The van der Waals surface area contributed by atoms with Gasteiger partial charge in [0.05, 0.1) is 6.10 Å². The van der Waals surface area contributed by atoms with Gasteiger partial charge in [-0.15, -0.1) is 0 Å². The second-order valence-corrected chi connectivity index (χ2v) is 11.1. The average molecular weight is 472 g/mol. The van der Waals surface area contributed by atoms with Crippen LogP contribution in [0.5, 0.6) is 5.75 Å². The number of hydrogen-bond acceptors (Lipinski definition) is 3. The topological polar surface area (TPSA) is 43.7 Å². The smallest absolute Gasteiger partial charge is 0.119 e. The second-order valence-electron chi connectivity index (χ2n) is 11.1. The molecular formula is C32H41NO2. The van der Waals surface area contributed by atoms with Gasteiger partial charge in [-0.25, -0.2) is 0 Å². The first-order chi connectivity index (χ1) is 16.8. The van der Waals surface area contributed by atoms with Crippen LogP contribution in [0, 0.1) is 0 Å². The Balaban J connectivity index is 1.46. The van der Waals surface area contributed by atoms with E-state index in [1.54, 1.807) is 6.07 Å². The molecule has 0 saturated carbocycles. The number of nitrogens with zero attached hydrogens (tertiary/aromatic N) is 1. The van der Waals surface area contributed by atoms with E-state index in [9.17, 15) is 10.2 Å². The number of hydrogen-bond donors (Lipinski definition) is 2. The average Bonchev–Trinajstić information content (AvgIpc) is 2.86. The number of likely N-dealkylation sites (tertiary alicyclic amines) is 1. The van der Waals surface area contributed by atoms with Gasteiger partial charge in [-0.3, -0.25) is 4.90 Å². The molecule has 3 nitrogen and oxygen atoms in total. The third kappa shape index (κ3) is 6.34. The maximum atomic E-state index is 10.9. The Morgan fingerprint density at radius 3 is 2.23 bits per heavy atom. The number of aromatic hydroxyl groups is 1. The minimum absolute atomic E-state index is 0.120. The van der Waals surface area contributed by atoms with Crippen molar-refractivity contribution in [1.82, 2.24) is 4.90 Å². The van der Waals surface area contributed by atoms with Crippen LogP contribution in [0.1, 0.15) is 87.2 Å². The van der Waals surface area contributed by atoms with Gasteiger partial charge in [0.15, 0.2) is 0 Å². The molecule has 1 aliphatic rings. The van der Waals surface area contributed by atoms with Gasteiger partial charge in [0.1, 0.15) is 5.75 Å². The van der Waals surface area contributed by atoms with E-state index in [1.165, 1.54) is 24.0 Å². The summed E-state index contributed by atoms with van der Waals surface area (Å²) in [6.45, 7) is 8.67. The summed E-state index contributed by atoms with van der Waals surface area (Å²) in [4.78, 5) is 2.60. The predicted molar refractivity (Wildman–Crippen MR) is 145 cm³/mol. The molecule has 35 heavy (non-hydrogen) atoms. The lowest BCUT2D eigenvalue weighted by Crippen LogP contribution is -2.44. The molecule has 3 aromatic carbocycles. The van der Waals surface area contributed by atoms with E-state index in [0.717, 1.165) is 43.5 Å². The van der Waals surface area contributed by atoms with Crippen molar-refractivity contribution >= 4 is 0 Å². The largest absolute Gasteiger partial charge is 0.508 e. The van der Waals surface area contributed by atoms with Crippen molar-refractivity contribution in [1.29, 1.82) is 0 Å². The molecule has 0 aromatic heterocycles. The number of phenolic OH excluding ortho intramolecular Hbond substituents is 1. The number of phenols is 1. The highest BCUT2D eigenvalue weighted by Crippen LogP contribution is 2.39. The minimum atomic E-state index is -0.435. The molecule has 3 aromatic rings. The fraction of sp³-hybridized carbons (Fsp3) is 0.438. The first kappa shape index (κ1) is 25.5. The van der Waals surface area contributed by atoms with Gasteiger partial charge in [0.25, 0.3) is 0 Å². The molecule has 3 unspecified atom stereocenters. The lowest BCUT2D eigenvalue weighted by molar-refractivity contribution is 0.115. The highest BCUT2D eigenvalue weighted by molar-refractivity contribution is 5.42. The van der Waals surface area contributed by atoms with Crippen molar-refractivity contribution in [2.45, 2.75) is 76.4 Å². The van der Waals surface area contributed by atoms with Crippen molar-refractivity contribution in [3.63, 3.8) is 0 Å². The normalized spacial score (nSPS) is 18.8. The summed E-state index contributed by atoms with van der Waals surface area (Å²) >= 11 is 0. The molecule has 0 amide bonds. The number of piperidine rings is 1. The van der Waals surface area contributed by atoms with E-state index >= 15 is 0 Å². The Kier molecular flexibility index (Phi) is 8.30. The van der Waals surface area contributed by atoms with Crippen molar-refractivity contribution in [2.75, 3.05) is 13.1 Å². The van der Waals surface area contributed by atoms with Crippen LogP contribution in [-0.4, -0.2) is 34.2 Å². The van der Waals surface area contributed by atoms with Crippen LogP contribution in [0.3, 0.4) is 0 Å². The van der Waals surface area contributed by atoms with Crippen LogP contribution in [0.15, 0.2) is 78.9 Å². The Labute approximate surface area is 211 Å². The molecule has 4 rings (SSSR count). The Morgan fingerprint density at radius 1 is 0.857 bits per heavy atom. The maximum Gasteiger partial charge on any atom is 0.119 e. The van der Waals surface area contributed by atoms with Crippen LogP contribution >= 0.6 is 0 Å². The summed E-state index contributed by atoms with van der Waals surface area (Å²) in [6.07, 6.45) is 4.79. The van der Waals surface area contributed by atoms with Crippen LogP contribution in [-0.2, 0) is 5.41 Å². The van der Waals surface area contributed by atoms with E-state index in [2.05, 4.69) is 86.3 Å². The first-order valence-corrected chi connectivity index (χ1v) is 13.2. The lowest BCUT2D eigenvalue weighted by atomic mass is 9.80. The molecule has 0 spiro atoms. The van der Waals surface area contributed by atoms with Crippen molar-refractivity contribution < 1.29 is 10.2 Å². The van der Waals surface area contributed by atoms with Crippen molar-refractivity contribution in [3.05, 3.63) is 101 Å². The Morgan fingerprint density at radius 2 is 1.54 bits per heavy atom. The predicted octanol–water partition coefficient (Wildman–Crippen LogP) is 7.19. The lowest BCUT2D eigenvalue weighted by Gasteiger charge is -2.41. The van der Waals surface area contributed by atoms with Crippen LogP contribution in [0.4, 0.5) is 0 Å².